The van der Waals surface area contributed by atoms with E-state index in [2.05, 4.69) is 10.3 Å². The second kappa shape index (κ2) is 8.11. The normalized spacial score (nSPS) is 12.1. The molecular formula is C18H21N4O3S+. The van der Waals surface area contributed by atoms with E-state index in [1.807, 2.05) is 12.3 Å². The highest BCUT2D eigenvalue weighted by atomic mass is 32.1. The topological polar surface area (TPSA) is 77.1 Å². The van der Waals surface area contributed by atoms with Gasteiger partial charge in [-0.1, -0.05) is 0 Å². The van der Waals surface area contributed by atoms with Crippen molar-refractivity contribution in [3.05, 3.63) is 58.0 Å². The van der Waals surface area contributed by atoms with Gasteiger partial charge in [0.2, 0.25) is 0 Å². The third-order valence-electron chi connectivity index (χ3n) is 4.07. The summed E-state index contributed by atoms with van der Waals surface area (Å²) in [5, 5.41) is 4.71. The molecule has 1 unspecified atom stereocenters. The van der Waals surface area contributed by atoms with Gasteiger partial charge < -0.3 is 15.0 Å². The van der Waals surface area contributed by atoms with E-state index < -0.39 is 0 Å². The van der Waals surface area contributed by atoms with E-state index in [-0.39, 0.29) is 11.5 Å². The van der Waals surface area contributed by atoms with Crippen molar-refractivity contribution in [3.8, 4) is 5.75 Å². The molecule has 0 spiro atoms. The number of carbonyl (C=O) groups excluding carboxylic acids is 1. The second-order valence-corrected chi connectivity index (χ2v) is 6.75. The van der Waals surface area contributed by atoms with Gasteiger partial charge in [0.25, 0.3) is 11.5 Å². The number of hydrogen-bond donors (Lipinski definition) is 2. The Balaban J connectivity index is 1.64. The van der Waals surface area contributed by atoms with Gasteiger partial charge in [-0.2, -0.15) is 0 Å². The molecule has 0 bridgehead atoms. The summed E-state index contributed by atoms with van der Waals surface area (Å²) in [6, 6.07) is 8.74. The van der Waals surface area contributed by atoms with Gasteiger partial charge in [-0.05, 0) is 31.2 Å². The Labute approximate surface area is 154 Å². The molecule has 2 heterocycles. The monoisotopic (exact) mass is 373 g/mol. The molecule has 0 radical (unpaired) electrons. The van der Waals surface area contributed by atoms with E-state index in [0.29, 0.717) is 23.7 Å². The Morgan fingerprint density at radius 1 is 1.35 bits per heavy atom. The summed E-state index contributed by atoms with van der Waals surface area (Å²) in [6.07, 6.45) is 1.71. The lowest BCUT2D eigenvalue weighted by Gasteiger charge is -2.17. The fourth-order valence-corrected chi connectivity index (χ4v) is 3.39. The van der Waals surface area contributed by atoms with Crippen molar-refractivity contribution >= 4 is 27.9 Å². The third kappa shape index (κ3) is 4.27. The molecule has 0 saturated carbocycles. The second-order valence-electron chi connectivity index (χ2n) is 5.88. The lowest BCUT2D eigenvalue weighted by molar-refractivity contribution is -0.904. The number of nitrogens with one attached hydrogen (secondary N) is 2. The van der Waals surface area contributed by atoms with Gasteiger partial charge in [-0.15, -0.1) is 11.3 Å². The summed E-state index contributed by atoms with van der Waals surface area (Å²) in [7, 11) is 1.60. The summed E-state index contributed by atoms with van der Waals surface area (Å²) in [5.41, 5.74) is 1.33. The molecule has 3 aromatic rings. The molecule has 3 rings (SSSR count). The average Bonchev–Trinajstić information content (AvgIpc) is 3.11. The van der Waals surface area contributed by atoms with Gasteiger partial charge >= 0.3 is 0 Å². The lowest BCUT2D eigenvalue weighted by atomic mass is 10.3. The van der Waals surface area contributed by atoms with Crippen LogP contribution in [0.1, 0.15) is 12.6 Å². The highest BCUT2D eigenvalue weighted by Gasteiger charge is 2.15. The first-order valence-corrected chi connectivity index (χ1v) is 9.20. The molecule has 0 aliphatic carbocycles. The number of fused-ring (bicyclic) bond motifs is 1. The van der Waals surface area contributed by atoms with Gasteiger partial charge in [0.1, 0.15) is 18.0 Å². The molecule has 2 N–H and O–H groups in total. The SMILES string of the molecule is CC[NH+](CC(=O)Nc1ccc(OC)cc1)Cc1cc(=O)n2ccsc2n1. The van der Waals surface area contributed by atoms with Crippen LogP contribution in [0.3, 0.4) is 0 Å². The number of thiazole rings is 1. The zero-order valence-corrected chi connectivity index (χ0v) is 15.5. The first-order chi connectivity index (χ1) is 12.6. The summed E-state index contributed by atoms with van der Waals surface area (Å²) < 4.78 is 6.63. The molecule has 1 amide bonds. The Kier molecular flexibility index (Phi) is 5.65. The van der Waals surface area contributed by atoms with Crippen LogP contribution in [0.2, 0.25) is 0 Å². The number of likely N-dealkylation sites (N-methyl/N-ethyl adjacent to an activating group) is 1. The van der Waals surface area contributed by atoms with Crippen molar-refractivity contribution in [2.45, 2.75) is 13.5 Å². The van der Waals surface area contributed by atoms with Crippen LogP contribution in [0.4, 0.5) is 5.69 Å². The lowest BCUT2D eigenvalue weighted by Crippen LogP contribution is -3.11. The number of quaternary nitrogens is 1. The number of aromatic nitrogens is 2. The van der Waals surface area contributed by atoms with Crippen molar-refractivity contribution in [1.82, 2.24) is 9.38 Å². The maximum atomic E-state index is 12.3. The standard InChI is InChI=1S/C18H20N4O3S/c1-3-21(11-14-10-17(24)22-8-9-26-18(22)20-14)12-16(23)19-13-4-6-15(25-2)7-5-13/h4-10H,3,11-12H2,1-2H3,(H,19,23)/p+1. The Morgan fingerprint density at radius 3 is 2.81 bits per heavy atom. The van der Waals surface area contributed by atoms with Gasteiger partial charge in [0.15, 0.2) is 11.5 Å². The number of nitrogens with zero attached hydrogens (tertiary/aromatic N) is 2. The van der Waals surface area contributed by atoms with E-state index in [1.54, 1.807) is 37.6 Å². The number of rotatable bonds is 7. The molecule has 1 aromatic carbocycles. The predicted molar refractivity (Wildman–Crippen MR) is 101 cm³/mol. The summed E-state index contributed by atoms with van der Waals surface area (Å²) in [6.45, 7) is 3.58. The molecule has 2 aromatic heterocycles. The molecule has 1 atom stereocenters. The van der Waals surface area contributed by atoms with Crippen LogP contribution >= 0.6 is 11.3 Å². The number of ether oxygens (including phenoxy) is 1. The largest absolute Gasteiger partial charge is 0.497 e. The number of anilines is 1. The first kappa shape index (κ1) is 18.1. The van der Waals surface area contributed by atoms with Gasteiger partial charge in [0, 0.05) is 23.3 Å². The Bertz CT molecular complexity index is 949. The number of carbonyl (C=O) groups is 1. The van der Waals surface area contributed by atoms with E-state index in [4.69, 9.17) is 4.74 Å². The smallest absolute Gasteiger partial charge is 0.279 e. The molecule has 7 nitrogen and oxygen atoms in total. The van der Waals surface area contributed by atoms with Crippen LogP contribution in [0, 0.1) is 0 Å². The highest BCUT2D eigenvalue weighted by Crippen LogP contribution is 2.14. The van der Waals surface area contributed by atoms with Crippen LogP contribution < -0.4 is 20.5 Å². The Morgan fingerprint density at radius 2 is 2.12 bits per heavy atom. The fraction of sp³-hybridized carbons (Fsp3) is 0.278. The van der Waals surface area contributed by atoms with Crippen molar-refractivity contribution < 1.29 is 14.4 Å². The summed E-state index contributed by atoms with van der Waals surface area (Å²) in [5.74, 6) is 0.658. The molecule has 136 valence electrons. The molecule has 0 aliphatic heterocycles. The van der Waals surface area contributed by atoms with E-state index >= 15 is 0 Å². The third-order valence-corrected chi connectivity index (χ3v) is 4.83. The van der Waals surface area contributed by atoms with Crippen LogP contribution in [0.5, 0.6) is 5.75 Å². The highest BCUT2D eigenvalue weighted by molar-refractivity contribution is 7.15. The minimum absolute atomic E-state index is 0.0825. The van der Waals surface area contributed by atoms with Crippen LogP contribution in [-0.4, -0.2) is 35.5 Å². The molecule has 8 heteroatoms. The van der Waals surface area contributed by atoms with E-state index in [1.165, 1.54) is 21.8 Å². The fourth-order valence-electron chi connectivity index (χ4n) is 2.65. The molecular weight excluding hydrogens is 352 g/mol. The minimum Gasteiger partial charge on any atom is -0.497 e. The predicted octanol–water partition coefficient (Wildman–Crippen LogP) is 0.808. The van der Waals surface area contributed by atoms with E-state index in [0.717, 1.165) is 22.9 Å². The first-order valence-electron chi connectivity index (χ1n) is 8.32. The maximum absolute atomic E-state index is 12.3. The maximum Gasteiger partial charge on any atom is 0.279 e. The number of amides is 1. The van der Waals surface area contributed by atoms with Crippen LogP contribution in [0.15, 0.2) is 46.7 Å². The minimum atomic E-state index is -0.0932. The summed E-state index contributed by atoms with van der Waals surface area (Å²) in [4.78, 5) is 30.6. The zero-order chi connectivity index (χ0) is 18.5. The zero-order valence-electron chi connectivity index (χ0n) is 14.7. The van der Waals surface area contributed by atoms with Crippen molar-refractivity contribution in [3.63, 3.8) is 0 Å². The number of methoxy groups -OCH3 is 1. The van der Waals surface area contributed by atoms with Crippen molar-refractivity contribution in [2.24, 2.45) is 0 Å². The molecule has 0 aliphatic rings. The van der Waals surface area contributed by atoms with Crippen LogP contribution in [-0.2, 0) is 11.3 Å². The average molecular weight is 373 g/mol. The quantitative estimate of drug-likeness (QED) is 0.643. The number of benzene rings is 1. The van der Waals surface area contributed by atoms with Crippen molar-refractivity contribution in [2.75, 3.05) is 25.5 Å². The van der Waals surface area contributed by atoms with Gasteiger partial charge in [-0.3, -0.25) is 14.0 Å². The van der Waals surface area contributed by atoms with Gasteiger partial charge in [0.05, 0.1) is 13.7 Å². The molecule has 0 saturated heterocycles. The molecule has 0 fully saturated rings. The van der Waals surface area contributed by atoms with Crippen LogP contribution in [0.25, 0.3) is 4.96 Å². The Hall–Kier alpha value is -2.71. The van der Waals surface area contributed by atoms with Crippen molar-refractivity contribution in [1.29, 1.82) is 0 Å². The molecule has 26 heavy (non-hydrogen) atoms. The van der Waals surface area contributed by atoms with Gasteiger partial charge in [-0.25, -0.2) is 4.98 Å². The number of hydrogen-bond acceptors (Lipinski definition) is 5. The van der Waals surface area contributed by atoms with E-state index in [9.17, 15) is 9.59 Å². The summed E-state index contributed by atoms with van der Waals surface area (Å²) >= 11 is 1.42.